The van der Waals surface area contributed by atoms with Crippen molar-refractivity contribution >= 4 is 16.9 Å². The van der Waals surface area contributed by atoms with Gasteiger partial charge in [0.05, 0.1) is 18.4 Å². The van der Waals surface area contributed by atoms with E-state index in [4.69, 9.17) is 9.15 Å². The number of hydrogen-bond acceptors (Lipinski definition) is 5. The molecule has 2 aromatic rings. The number of fused-ring (bicyclic) bond motifs is 1. The molecule has 6 nitrogen and oxygen atoms in total. The first-order chi connectivity index (χ1) is 10.5. The molecule has 0 saturated heterocycles. The van der Waals surface area contributed by atoms with Gasteiger partial charge in [0.15, 0.2) is 5.43 Å². The Labute approximate surface area is 127 Å². The molecule has 0 unspecified atom stereocenters. The first kappa shape index (κ1) is 16.0. The average molecular weight is 305 g/mol. The van der Waals surface area contributed by atoms with Crippen molar-refractivity contribution in [2.45, 2.75) is 20.3 Å². The van der Waals surface area contributed by atoms with Crippen LogP contribution in [0, 0.1) is 13.8 Å². The topological polar surface area (TPSA) is 88.8 Å². The lowest BCUT2D eigenvalue weighted by molar-refractivity contribution is -0.120. The fourth-order valence-electron chi connectivity index (χ4n) is 2.25. The molecule has 0 aliphatic carbocycles. The van der Waals surface area contributed by atoms with Gasteiger partial charge in [-0.3, -0.25) is 9.59 Å². The Morgan fingerprint density at radius 3 is 2.77 bits per heavy atom. The average Bonchev–Trinajstić information content (AvgIpc) is 2.48. The number of aromatic hydroxyl groups is 1. The first-order valence-corrected chi connectivity index (χ1v) is 6.96. The largest absolute Gasteiger partial charge is 0.508 e. The molecule has 1 aromatic heterocycles. The molecule has 0 radical (unpaired) electrons. The first-order valence-electron chi connectivity index (χ1n) is 6.96. The van der Waals surface area contributed by atoms with Gasteiger partial charge in [-0.25, -0.2) is 0 Å². The summed E-state index contributed by atoms with van der Waals surface area (Å²) in [5.74, 6) is 0.190. The number of amides is 1. The zero-order valence-electron chi connectivity index (χ0n) is 12.9. The smallest absolute Gasteiger partial charge is 0.224 e. The van der Waals surface area contributed by atoms with Gasteiger partial charge in [0.25, 0.3) is 0 Å². The van der Waals surface area contributed by atoms with Crippen molar-refractivity contribution in [3.05, 3.63) is 39.2 Å². The van der Waals surface area contributed by atoms with Crippen LogP contribution in [0.4, 0.5) is 0 Å². The van der Waals surface area contributed by atoms with E-state index in [-0.39, 0.29) is 23.5 Å². The fraction of sp³-hybridized carbons (Fsp3) is 0.375. The fourth-order valence-corrected chi connectivity index (χ4v) is 2.25. The van der Waals surface area contributed by atoms with Crippen LogP contribution in [0.1, 0.15) is 16.9 Å². The minimum Gasteiger partial charge on any atom is -0.508 e. The highest BCUT2D eigenvalue weighted by Gasteiger charge is 2.16. The van der Waals surface area contributed by atoms with Crippen LogP contribution >= 0.6 is 0 Å². The lowest BCUT2D eigenvalue weighted by atomic mass is 10.0. The number of rotatable bonds is 5. The van der Waals surface area contributed by atoms with Crippen LogP contribution in [0.5, 0.6) is 5.75 Å². The maximum Gasteiger partial charge on any atom is 0.224 e. The molecular formula is C16H19NO5. The van der Waals surface area contributed by atoms with Crippen LogP contribution in [0.3, 0.4) is 0 Å². The molecule has 22 heavy (non-hydrogen) atoms. The predicted octanol–water partition coefficient (Wildman–Crippen LogP) is 1.42. The molecule has 0 bridgehead atoms. The van der Waals surface area contributed by atoms with E-state index in [9.17, 15) is 14.7 Å². The van der Waals surface area contributed by atoms with Crippen molar-refractivity contribution in [3.8, 4) is 5.75 Å². The summed E-state index contributed by atoms with van der Waals surface area (Å²) >= 11 is 0. The second kappa shape index (κ2) is 6.62. The zero-order valence-corrected chi connectivity index (χ0v) is 12.9. The van der Waals surface area contributed by atoms with Gasteiger partial charge >= 0.3 is 0 Å². The molecule has 0 atom stereocenters. The second-order valence-corrected chi connectivity index (χ2v) is 5.07. The van der Waals surface area contributed by atoms with Gasteiger partial charge < -0.3 is 19.6 Å². The Morgan fingerprint density at radius 2 is 2.09 bits per heavy atom. The van der Waals surface area contributed by atoms with Crippen LogP contribution in [-0.4, -0.2) is 31.3 Å². The van der Waals surface area contributed by atoms with Crippen molar-refractivity contribution in [1.29, 1.82) is 0 Å². The van der Waals surface area contributed by atoms with E-state index in [2.05, 4.69) is 5.32 Å². The summed E-state index contributed by atoms with van der Waals surface area (Å²) in [6, 6.07) is 2.96. The third-order valence-electron chi connectivity index (χ3n) is 3.54. The van der Waals surface area contributed by atoms with Gasteiger partial charge in [0.1, 0.15) is 17.1 Å². The van der Waals surface area contributed by atoms with E-state index < -0.39 is 0 Å². The van der Waals surface area contributed by atoms with Crippen molar-refractivity contribution < 1.29 is 19.1 Å². The highest BCUT2D eigenvalue weighted by Crippen LogP contribution is 2.26. The highest BCUT2D eigenvalue weighted by molar-refractivity contribution is 5.84. The van der Waals surface area contributed by atoms with E-state index in [1.54, 1.807) is 21.0 Å². The van der Waals surface area contributed by atoms with Gasteiger partial charge in [-0.2, -0.15) is 0 Å². The van der Waals surface area contributed by atoms with Crippen molar-refractivity contribution in [2.24, 2.45) is 0 Å². The summed E-state index contributed by atoms with van der Waals surface area (Å²) in [4.78, 5) is 24.4. The number of carbonyl (C=O) groups excluding carboxylic acids is 1. The number of phenolic OH excluding ortho intramolecular Hbond substituents is 1. The number of ether oxygens (including phenoxy) is 1. The van der Waals surface area contributed by atoms with Gasteiger partial charge in [-0.15, -0.1) is 0 Å². The summed E-state index contributed by atoms with van der Waals surface area (Å²) in [6.07, 6.45) is -0.0479. The van der Waals surface area contributed by atoms with Gasteiger partial charge in [-0.1, -0.05) is 0 Å². The Balaban J connectivity index is 2.37. The van der Waals surface area contributed by atoms with E-state index >= 15 is 0 Å². The number of nitrogens with one attached hydrogen (secondary N) is 1. The standard InChI is InChI=1S/C16H19NO5/c1-9-13(18)5-4-11-15(20)12(10(2)22-16(9)11)8-14(19)17-6-7-21-3/h4-5,18H,6-8H2,1-3H3,(H,17,19). The molecule has 2 rings (SSSR count). The van der Waals surface area contributed by atoms with Gasteiger partial charge in [0.2, 0.25) is 5.91 Å². The Kier molecular flexibility index (Phi) is 4.82. The maximum atomic E-state index is 12.5. The lowest BCUT2D eigenvalue weighted by Gasteiger charge is -2.09. The van der Waals surface area contributed by atoms with Crippen molar-refractivity contribution in [2.75, 3.05) is 20.3 Å². The molecule has 0 saturated carbocycles. The monoisotopic (exact) mass is 305 g/mol. The molecule has 0 aliphatic heterocycles. The minimum atomic E-state index is -0.262. The third kappa shape index (κ3) is 3.12. The zero-order chi connectivity index (χ0) is 16.3. The van der Waals surface area contributed by atoms with E-state index in [1.165, 1.54) is 12.1 Å². The summed E-state index contributed by atoms with van der Waals surface area (Å²) in [7, 11) is 1.55. The second-order valence-electron chi connectivity index (χ2n) is 5.07. The number of methoxy groups -OCH3 is 1. The van der Waals surface area contributed by atoms with Gasteiger partial charge in [0, 0.05) is 24.8 Å². The Bertz CT molecular complexity index is 763. The number of aryl methyl sites for hydroxylation is 2. The quantitative estimate of drug-likeness (QED) is 0.816. The number of phenols is 1. The Morgan fingerprint density at radius 1 is 1.36 bits per heavy atom. The third-order valence-corrected chi connectivity index (χ3v) is 3.54. The van der Waals surface area contributed by atoms with Crippen molar-refractivity contribution in [3.63, 3.8) is 0 Å². The molecule has 0 aliphatic rings. The molecule has 6 heteroatoms. The molecule has 0 fully saturated rings. The molecule has 1 heterocycles. The summed E-state index contributed by atoms with van der Waals surface area (Å²) in [5, 5.41) is 12.7. The molecule has 2 N–H and O–H groups in total. The van der Waals surface area contributed by atoms with Crippen molar-refractivity contribution in [1.82, 2.24) is 5.32 Å². The highest BCUT2D eigenvalue weighted by atomic mass is 16.5. The molecular weight excluding hydrogens is 286 g/mol. The normalized spacial score (nSPS) is 10.9. The molecule has 118 valence electrons. The minimum absolute atomic E-state index is 0.0479. The predicted molar refractivity (Wildman–Crippen MR) is 82.2 cm³/mol. The summed E-state index contributed by atoms with van der Waals surface area (Å²) < 4.78 is 10.5. The molecule has 1 amide bonds. The van der Waals surface area contributed by atoms with Crippen LogP contribution in [0.15, 0.2) is 21.3 Å². The van der Waals surface area contributed by atoms with Crippen LogP contribution < -0.4 is 10.7 Å². The lowest BCUT2D eigenvalue weighted by Crippen LogP contribution is -2.30. The van der Waals surface area contributed by atoms with Crippen LogP contribution in [0.25, 0.3) is 11.0 Å². The molecule has 0 spiro atoms. The number of carbonyl (C=O) groups is 1. The SMILES string of the molecule is COCCNC(=O)Cc1c(C)oc2c(C)c(O)ccc2c1=O. The van der Waals surface area contributed by atoms with E-state index in [1.807, 2.05) is 0 Å². The maximum absolute atomic E-state index is 12.5. The van der Waals surface area contributed by atoms with Crippen LogP contribution in [-0.2, 0) is 16.0 Å². The number of benzene rings is 1. The Hall–Kier alpha value is -2.34. The summed E-state index contributed by atoms with van der Waals surface area (Å²) in [5.41, 5.74) is 0.941. The van der Waals surface area contributed by atoms with Crippen LogP contribution in [0.2, 0.25) is 0 Å². The molecule has 1 aromatic carbocycles. The van der Waals surface area contributed by atoms with E-state index in [0.29, 0.717) is 41.0 Å². The summed E-state index contributed by atoms with van der Waals surface area (Å²) in [6.45, 7) is 4.12. The van der Waals surface area contributed by atoms with E-state index in [0.717, 1.165) is 0 Å². The number of hydrogen-bond donors (Lipinski definition) is 2. The van der Waals surface area contributed by atoms with Gasteiger partial charge in [-0.05, 0) is 26.0 Å².